The molecule has 5 atom stereocenters. The Bertz CT molecular complexity index is 1370. The molecule has 0 aromatic heterocycles. The van der Waals surface area contributed by atoms with Crippen molar-refractivity contribution in [1.29, 1.82) is 5.26 Å². The fourth-order valence-corrected chi connectivity index (χ4v) is 7.05. The van der Waals surface area contributed by atoms with Gasteiger partial charge in [-0.2, -0.15) is 5.26 Å². The number of phenols is 1. The Morgan fingerprint density at radius 3 is 2.50 bits per heavy atom. The zero-order valence-electron chi connectivity index (χ0n) is 22.4. The number of amides is 1. The van der Waals surface area contributed by atoms with Gasteiger partial charge in [0.05, 0.1) is 32.4 Å². The van der Waals surface area contributed by atoms with E-state index in [2.05, 4.69) is 16.3 Å². The first kappa shape index (κ1) is 25.9. The van der Waals surface area contributed by atoms with Crippen molar-refractivity contribution in [3.63, 3.8) is 0 Å². The van der Waals surface area contributed by atoms with Crippen molar-refractivity contribution in [2.24, 2.45) is 0 Å². The van der Waals surface area contributed by atoms with Crippen LogP contribution in [0, 0.1) is 18.3 Å². The zero-order chi connectivity index (χ0) is 27.6. The molecule has 2 N–H and O–H groups in total. The lowest BCUT2D eigenvalue weighted by Crippen LogP contribution is -2.71. The molecule has 10 heteroatoms. The number of nitrogens with one attached hydrogen (secondary N) is 1. The number of hydrogen-bond acceptors (Lipinski definition) is 9. The summed E-state index contributed by atoms with van der Waals surface area (Å²) in [4.78, 5) is 43.3. The molecule has 200 valence electrons. The summed E-state index contributed by atoms with van der Waals surface area (Å²) >= 11 is 0. The molecule has 5 rings (SSSR count). The molecule has 3 heterocycles. The Morgan fingerprint density at radius 2 is 1.89 bits per heavy atom. The lowest BCUT2D eigenvalue weighted by atomic mass is 9.69. The molecule has 1 saturated heterocycles. The average molecular weight is 521 g/mol. The van der Waals surface area contributed by atoms with Gasteiger partial charge in [0, 0.05) is 47.8 Å². The quantitative estimate of drug-likeness (QED) is 0.566. The van der Waals surface area contributed by atoms with Crippen LogP contribution in [0.25, 0.3) is 0 Å². The average Bonchev–Trinajstić information content (AvgIpc) is 2.86. The number of carbonyl (C=O) groups is 3. The van der Waals surface area contributed by atoms with Crippen LogP contribution in [0.15, 0.2) is 28.5 Å². The Kier molecular flexibility index (Phi) is 6.32. The van der Waals surface area contributed by atoms with E-state index in [1.807, 2.05) is 24.9 Å². The highest BCUT2D eigenvalue weighted by Gasteiger charge is 2.57. The minimum Gasteiger partial charge on any atom is -0.504 e. The molecule has 2 bridgehead atoms. The maximum Gasteiger partial charge on any atom is 0.226 e. The minimum atomic E-state index is -0.721. The van der Waals surface area contributed by atoms with Crippen LogP contribution in [0.2, 0.25) is 0 Å². The number of piperazine rings is 1. The van der Waals surface area contributed by atoms with Crippen LogP contribution in [-0.4, -0.2) is 84.4 Å². The van der Waals surface area contributed by atoms with E-state index in [0.717, 1.165) is 11.1 Å². The van der Waals surface area contributed by atoms with Crippen LogP contribution in [0.3, 0.4) is 0 Å². The van der Waals surface area contributed by atoms with Gasteiger partial charge in [0.15, 0.2) is 23.0 Å². The molecule has 1 fully saturated rings. The highest BCUT2D eigenvalue weighted by molar-refractivity contribution is 6.25. The van der Waals surface area contributed by atoms with Crippen molar-refractivity contribution >= 4 is 17.5 Å². The number of aryl methyl sites for hydroxylation is 1. The van der Waals surface area contributed by atoms with E-state index in [-0.39, 0.29) is 59.4 Å². The molecule has 1 unspecified atom stereocenters. The first-order valence-electron chi connectivity index (χ1n) is 12.7. The number of methoxy groups -OCH3 is 2. The summed E-state index contributed by atoms with van der Waals surface area (Å²) in [7, 11) is 4.80. The summed E-state index contributed by atoms with van der Waals surface area (Å²) in [6, 6.07) is 2.07. The van der Waals surface area contributed by atoms with Crippen molar-refractivity contribution in [3.05, 3.63) is 45.2 Å². The van der Waals surface area contributed by atoms with Gasteiger partial charge >= 0.3 is 0 Å². The van der Waals surface area contributed by atoms with Gasteiger partial charge in [-0.15, -0.1) is 0 Å². The van der Waals surface area contributed by atoms with Gasteiger partial charge in [0.2, 0.25) is 11.7 Å². The molecule has 0 saturated carbocycles. The number of ketones is 2. The Labute approximate surface area is 221 Å². The van der Waals surface area contributed by atoms with Gasteiger partial charge < -0.3 is 19.9 Å². The second-order valence-corrected chi connectivity index (χ2v) is 10.5. The fourth-order valence-electron chi connectivity index (χ4n) is 7.05. The number of hydrogen-bond donors (Lipinski definition) is 2. The summed E-state index contributed by atoms with van der Waals surface area (Å²) in [6.07, 6.45) is 0.718. The number of likely N-dealkylation sites (N-methyl/N-ethyl adjacent to an activating group) is 1. The van der Waals surface area contributed by atoms with E-state index in [1.165, 1.54) is 21.1 Å². The fraction of sp³-hybridized carbons (Fsp3) is 0.500. The van der Waals surface area contributed by atoms with Crippen molar-refractivity contribution in [3.8, 4) is 17.6 Å². The number of ether oxygens (including phenoxy) is 2. The number of fused-ring (bicyclic) bond motifs is 6. The lowest BCUT2D eigenvalue weighted by Gasteiger charge is -2.60. The summed E-state index contributed by atoms with van der Waals surface area (Å²) < 4.78 is 10.9. The van der Waals surface area contributed by atoms with Crippen molar-refractivity contribution in [2.45, 2.75) is 63.8 Å². The third-order valence-corrected chi connectivity index (χ3v) is 8.61. The maximum atomic E-state index is 13.7. The van der Waals surface area contributed by atoms with Crippen molar-refractivity contribution in [2.75, 3.05) is 27.8 Å². The van der Waals surface area contributed by atoms with Gasteiger partial charge in [0.25, 0.3) is 0 Å². The summed E-state index contributed by atoms with van der Waals surface area (Å²) in [5.41, 5.74) is 3.34. The predicted octanol–water partition coefficient (Wildman–Crippen LogP) is 1.46. The second kappa shape index (κ2) is 9.26. The Morgan fingerprint density at radius 1 is 1.18 bits per heavy atom. The zero-order valence-corrected chi connectivity index (χ0v) is 22.4. The van der Waals surface area contributed by atoms with Gasteiger partial charge in [-0.25, -0.2) is 0 Å². The summed E-state index contributed by atoms with van der Waals surface area (Å²) in [6.45, 7) is 4.89. The van der Waals surface area contributed by atoms with E-state index in [9.17, 15) is 24.8 Å². The third-order valence-electron chi connectivity index (χ3n) is 8.61. The number of Topliss-reactive ketones (excluding diaryl/α,β-unsaturated/α-hetero) is 2. The van der Waals surface area contributed by atoms with Crippen LogP contribution in [0.1, 0.15) is 43.0 Å². The van der Waals surface area contributed by atoms with Crippen LogP contribution in [0.5, 0.6) is 11.5 Å². The first-order chi connectivity index (χ1) is 18.1. The largest absolute Gasteiger partial charge is 0.504 e. The number of rotatable bonds is 4. The van der Waals surface area contributed by atoms with Crippen LogP contribution >= 0.6 is 0 Å². The predicted molar refractivity (Wildman–Crippen MR) is 136 cm³/mol. The Hall–Kier alpha value is -3.68. The first-order valence-corrected chi connectivity index (χ1v) is 12.7. The monoisotopic (exact) mass is 520 g/mol. The van der Waals surface area contributed by atoms with Gasteiger partial charge in [-0.3, -0.25) is 24.2 Å². The molecule has 1 aromatic rings. The topological polar surface area (TPSA) is 132 Å². The van der Waals surface area contributed by atoms with E-state index >= 15 is 0 Å². The number of nitriles is 1. The Balaban J connectivity index is 1.74. The second-order valence-electron chi connectivity index (χ2n) is 10.5. The molecule has 4 aliphatic rings. The SMILES string of the molecule is COC1=C(C)C(=O)C2=C(C1=O)[C@H](CNC(C)=O)N1C(C2)[C@H]2c3c(cc(C)c(OC)c3O)C[C@@H]([C@@H]1C#N)N2C. The van der Waals surface area contributed by atoms with Crippen molar-refractivity contribution in [1.82, 2.24) is 15.1 Å². The molecule has 10 nitrogen and oxygen atoms in total. The lowest BCUT2D eigenvalue weighted by molar-refractivity contribution is -0.124. The smallest absolute Gasteiger partial charge is 0.226 e. The highest BCUT2D eigenvalue weighted by atomic mass is 16.5. The normalized spacial score (nSPS) is 28.8. The molecular formula is C28H32N4O6. The number of benzene rings is 1. The molecule has 1 aromatic carbocycles. The number of aromatic hydroxyl groups is 1. The number of allylic oxidation sites excluding steroid dienone is 2. The van der Waals surface area contributed by atoms with E-state index in [0.29, 0.717) is 23.3 Å². The van der Waals surface area contributed by atoms with Crippen LogP contribution in [0.4, 0.5) is 0 Å². The van der Waals surface area contributed by atoms with E-state index < -0.39 is 23.9 Å². The number of phenolic OH excluding ortho intramolecular Hbond substituents is 1. The van der Waals surface area contributed by atoms with Gasteiger partial charge in [-0.05, 0) is 44.9 Å². The molecule has 0 spiro atoms. The molecule has 0 radical (unpaired) electrons. The minimum absolute atomic E-state index is 0.00828. The highest BCUT2D eigenvalue weighted by Crippen LogP contribution is 2.53. The maximum absolute atomic E-state index is 13.7. The molecule has 1 amide bonds. The third kappa shape index (κ3) is 3.49. The van der Waals surface area contributed by atoms with Crippen molar-refractivity contribution < 1.29 is 29.0 Å². The number of nitrogens with zero attached hydrogens (tertiary/aromatic N) is 3. The van der Waals surface area contributed by atoms with E-state index in [1.54, 1.807) is 6.92 Å². The molecular weight excluding hydrogens is 488 g/mol. The molecule has 3 aliphatic heterocycles. The summed E-state index contributed by atoms with van der Waals surface area (Å²) in [5.74, 6) is -0.518. The van der Waals surface area contributed by atoms with E-state index in [4.69, 9.17) is 9.47 Å². The number of carbonyl (C=O) groups excluding carboxylic acids is 3. The van der Waals surface area contributed by atoms with Gasteiger partial charge in [0.1, 0.15) is 6.04 Å². The summed E-state index contributed by atoms with van der Waals surface area (Å²) in [5, 5.41) is 24.7. The van der Waals surface area contributed by atoms with Crippen LogP contribution < -0.4 is 10.1 Å². The van der Waals surface area contributed by atoms with Gasteiger partial charge in [-0.1, -0.05) is 6.07 Å². The molecule has 1 aliphatic carbocycles. The van der Waals surface area contributed by atoms with Crippen LogP contribution in [-0.2, 0) is 25.5 Å². The standard InChI is InChI=1S/C28H32N4O6/c1-12-7-15-8-17-19(10-29)32-18(23(31(17)4)21(15)25(35)27(12)37-5)9-16-22(20(32)11-30-14(3)33)26(36)28(38-6)13(2)24(16)34/h7,17-20,23,35H,8-9,11H2,1-6H3,(H,30,33)/t17-,18?,19-,20-,23-/m0/s1. The molecule has 38 heavy (non-hydrogen) atoms.